The molecule has 0 fully saturated rings. The molecule has 0 atom stereocenters. The molecular formula is C18H17N3O2. The van der Waals surface area contributed by atoms with Crippen molar-refractivity contribution in [1.82, 2.24) is 14.5 Å². The summed E-state index contributed by atoms with van der Waals surface area (Å²) in [5.41, 5.74) is 3.06. The zero-order chi connectivity index (χ0) is 16.6. The number of hydrogen-bond acceptors (Lipinski definition) is 3. The van der Waals surface area contributed by atoms with E-state index < -0.39 is 0 Å². The van der Waals surface area contributed by atoms with Gasteiger partial charge in [0.15, 0.2) is 0 Å². The second-order valence-electron chi connectivity index (χ2n) is 5.59. The van der Waals surface area contributed by atoms with Crippen LogP contribution in [0.4, 0.5) is 0 Å². The number of para-hydroxylation sites is 2. The highest BCUT2D eigenvalue weighted by molar-refractivity contribution is 5.94. The molecule has 1 aromatic heterocycles. The number of carbonyl (C=O) groups excluding carboxylic acids is 1. The zero-order valence-electron chi connectivity index (χ0n) is 13.3. The van der Waals surface area contributed by atoms with Gasteiger partial charge in [-0.25, -0.2) is 4.98 Å². The number of amides is 1. The van der Waals surface area contributed by atoms with E-state index >= 15 is 0 Å². The van der Waals surface area contributed by atoms with E-state index in [1.54, 1.807) is 50.0 Å². The summed E-state index contributed by atoms with van der Waals surface area (Å²) in [6.07, 6.45) is 0. The van der Waals surface area contributed by atoms with Crippen molar-refractivity contribution in [2.24, 2.45) is 7.05 Å². The second kappa shape index (κ2) is 5.68. The van der Waals surface area contributed by atoms with Crippen molar-refractivity contribution in [2.75, 3.05) is 14.1 Å². The normalized spacial score (nSPS) is 10.7. The Labute approximate surface area is 133 Å². The molecule has 0 spiro atoms. The molecule has 0 saturated carbocycles. The lowest BCUT2D eigenvalue weighted by molar-refractivity contribution is 0.0827. The van der Waals surface area contributed by atoms with E-state index in [-0.39, 0.29) is 11.5 Å². The molecule has 0 aliphatic rings. The number of fused-ring (bicyclic) bond motifs is 1. The average molecular weight is 307 g/mol. The standard InChI is InChI=1S/C18H17N3O2/c1-20(2)17(22)13-10-8-12(9-11-13)16-18(23)21(3)15-7-5-4-6-14(15)19-16/h4-11H,1-3H3. The van der Waals surface area contributed by atoms with Gasteiger partial charge in [0.05, 0.1) is 11.0 Å². The molecule has 0 aliphatic carbocycles. The van der Waals surface area contributed by atoms with Crippen molar-refractivity contribution in [3.63, 3.8) is 0 Å². The Morgan fingerprint density at radius 2 is 1.70 bits per heavy atom. The predicted molar refractivity (Wildman–Crippen MR) is 90.4 cm³/mol. The number of hydrogen-bond donors (Lipinski definition) is 0. The van der Waals surface area contributed by atoms with Crippen LogP contribution < -0.4 is 5.56 Å². The first-order valence-corrected chi connectivity index (χ1v) is 7.27. The molecule has 0 aliphatic heterocycles. The van der Waals surface area contributed by atoms with Crippen LogP contribution in [0.1, 0.15) is 10.4 Å². The van der Waals surface area contributed by atoms with Gasteiger partial charge in [-0.15, -0.1) is 0 Å². The van der Waals surface area contributed by atoms with Gasteiger partial charge in [0, 0.05) is 32.3 Å². The lowest BCUT2D eigenvalue weighted by Gasteiger charge is -2.11. The largest absolute Gasteiger partial charge is 0.345 e. The molecular weight excluding hydrogens is 290 g/mol. The Kier molecular flexibility index (Phi) is 3.70. The molecule has 3 rings (SSSR count). The van der Waals surface area contributed by atoms with E-state index in [0.29, 0.717) is 16.8 Å². The van der Waals surface area contributed by atoms with Crippen LogP contribution in [0.15, 0.2) is 53.3 Å². The van der Waals surface area contributed by atoms with Gasteiger partial charge < -0.3 is 9.47 Å². The van der Waals surface area contributed by atoms with Crippen molar-refractivity contribution in [2.45, 2.75) is 0 Å². The highest BCUT2D eigenvalue weighted by Crippen LogP contribution is 2.18. The Morgan fingerprint density at radius 1 is 1.04 bits per heavy atom. The zero-order valence-corrected chi connectivity index (χ0v) is 13.3. The Hall–Kier alpha value is -2.95. The molecule has 1 heterocycles. The molecule has 0 bridgehead atoms. The van der Waals surface area contributed by atoms with Crippen LogP contribution in [0.2, 0.25) is 0 Å². The lowest BCUT2D eigenvalue weighted by atomic mass is 10.1. The Bertz CT molecular complexity index is 941. The first-order chi connectivity index (χ1) is 11.0. The molecule has 5 heteroatoms. The topological polar surface area (TPSA) is 55.2 Å². The third-order valence-electron chi connectivity index (χ3n) is 3.79. The second-order valence-corrected chi connectivity index (χ2v) is 5.59. The molecule has 2 aromatic carbocycles. The van der Waals surface area contributed by atoms with Gasteiger partial charge in [0.2, 0.25) is 0 Å². The van der Waals surface area contributed by atoms with Gasteiger partial charge in [-0.2, -0.15) is 0 Å². The molecule has 116 valence electrons. The van der Waals surface area contributed by atoms with Crippen LogP contribution >= 0.6 is 0 Å². The highest BCUT2D eigenvalue weighted by atomic mass is 16.2. The third-order valence-corrected chi connectivity index (χ3v) is 3.79. The van der Waals surface area contributed by atoms with Gasteiger partial charge in [-0.05, 0) is 24.3 Å². The highest BCUT2D eigenvalue weighted by Gasteiger charge is 2.12. The van der Waals surface area contributed by atoms with Crippen molar-refractivity contribution < 1.29 is 4.79 Å². The molecule has 0 saturated heterocycles. The summed E-state index contributed by atoms with van der Waals surface area (Å²) < 4.78 is 1.59. The SMILES string of the molecule is CN(C)C(=O)c1ccc(-c2nc3ccccc3n(C)c2=O)cc1. The van der Waals surface area contributed by atoms with Gasteiger partial charge in [-0.1, -0.05) is 24.3 Å². The van der Waals surface area contributed by atoms with E-state index in [9.17, 15) is 9.59 Å². The van der Waals surface area contributed by atoms with Gasteiger partial charge >= 0.3 is 0 Å². The van der Waals surface area contributed by atoms with Crippen LogP contribution in [0.3, 0.4) is 0 Å². The van der Waals surface area contributed by atoms with Crippen molar-refractivity contribution in [3.8, 4) is 11.3 Å². The molecule has 1 amide bonds. The summed E-state index contributed by atoms with van der Waals surface area (Å²) in [5.74, 6) is -0.0732. The summed E-state index contributed by atoms with van der Waals surface area (Å²) in [6, 6.07) is 14.5. The molecule has 0 unspecified atom stereocenters. The Balaban J connectivity index is 2.12. The van der Waals surface area contributed by atoms with Crippen LogP contribution in [0.5, 0.6) is 0 Å². The van der Waals surface area contributed by atoms with Crippen LogP contribution in [0.25, 0.3) is 22.3 Å². The summed E-state index contributed by atoms with van der Waals surface area (Å²) in [6.45, 7) is 0. The smallest absolute Gasteiger partial charge is 0.277 e. The summed E-state index contributed by atoms with van der Waals surface area (Å²) in [4.78, 5) is 30.5. The number of benzene rings is 2. The number of rotatable bonds is 2. The minimum Gasteiger partial charge on any atom is -0.345 e. The lowest BCUT2D eigenvalue weighted by Crippen LogP contribution is -2.22. The van der Waals surface area contributed by atoms with Crippen molar-refractivity contribution >= 4 is 16.9 Å². The monoisotopic (exact) mass is 307 g/mol. The van der Waals surface area contributed by atoms with E-state index in [1.165, 1.54) is 4.90 Å². The first kappa shape index (κ1) is 15.0. The molecule has 0 radical (unpaired) electrons. The van der Waals surface area contributed by atoms with E-state index in [2.05, 4.69) is 4.98 Å². The van der Waals surface area contributed by atoms with E-state index in [1.807, 2.05) is 24.3 Å². The minimum absolute atomic E-state index is 0.0732. The molecule has 3 aromatic rings. The third kappa shape index (κ3) is 2.61. The Morgan fingerprint density at radius 3 is 2.35 bits per heavy atom. The van der Waals surface area contributed by atoms with E-state index in [0.717, 1.165) is 11.0 Å². The van der Waals surface area contributed by atoms with E-state index in [4.69, 9.17) is 0 Å². The minimum atomic E-state index is -0.157. The summed E-state index contributed by atoms with van der Waals surface area (Å²) >= 11 is 0. The summed E-state index contributed by atoms with van der Waals surface area (Å²) in [5, 5.41) is 0. The number of nitrogens with zero attached hydrogens (tertiary/aromatic N) is 3. The van der Waals surface area contributed by atoms with Gasteiger partial charge in [-0.3, -0.25) is 9.59 Å². The van der Waals surface area contributed by atoms with Crippen LogP contribution in [0, 0.1) is 0 Å². The van der Waals surface area contributed by atoms with Crippen molar-refractivity contribution in [1.29, 1.82) is 0 Å². The van der Waals surface area contributed by atoms with Crippen LogP contribution in [-0.4, -0.2) is 34.5 Å². The first-order valence-electron chi connectivity index (χ1n) is 7.27. The molecule has 5 nitrogen and oxygen atoms in total. The quantitative estimate of drug-likeness (QED) is 0.730. The fraction of sp³-hybridized carbons (Fsp3) is 0.167. The number of aromatic nitrogens is 2. The number of carbonyl (C=O) groups is 1. The van der Waals surface area contributed by atoms with Gasteiger partial charge in [0.1, 0.15) is 5.69 Å². The van der Waals surface area contributed by atoms with Crippen molar-refractivity contribution in [3.05, 3.63) is 64.4 Å². The molecule has 0 N–H and O–H groups in total. The fourth-order valence-electron chi connectivity index (χ4n) is 2.50. The fourth-order valence-corrected chi connectivity index (χ4v) is 2.50. The average Bonchev–Trinajstić information content (AvgIpc) is 2.57. The molecule has 23 heavy (non-hydrogen) atoms. The van der Waals surface area contributed by atoms with Crippen LogP contribution in [-0.2, 0) is 7.05 Å². The van der Waals surface area contributed by atoms with Gasteiger partial charge in [0.25, 0.3) is 11.5 Å². The maximum Gasteiger partial charge on any atom is 0.277 e. The predicted octanol–water partition coefficient (Wildman–Crippen LogP) is 2.30. The number of aryl methyl sites for hydroxylation is 1. The maximum atomic E-state index is 12.5. The maximum absolute atomic E-state index is 12.5. The summed E-state index contributed by atoms with van der Waals surface area (Å²) in [7, 11) is 5.15.